The summed E-state index contributed by atoms with van der Waals surface area (Å²) in [6, 6.07) is 10.9. The fraction of sp³-hybridized carbons (Fsp3) is 0.632. The van der Waals surface area contributed by atoms with Gasteiger partial charge in [0, 0.05) is 25.7 Å². The molecule has 1 saturated carbocycles. The molecule has 1 spiro atoms. The summed E-state index contributed by atoms with van der Waals surface area (Å²) in [6.07, 6.45) is 2.02. The van der Waals surface area contributed by atoms with Crippen molar-refractivity contribution in [3.8, 4) is 0 Å². The SMILES string of the molecule is CC1CN(C(=O)OC(C)(C)C)C2(CC2)CN1Cc1ccccc1. The zero-order valence-corrected chi connectivity index (χ0v) is 14.7. The van der Waals surface area contributed by atoms with Crippen LogP contribution in [-0.2, 0) is 11.3 Å². The Labute approximate surface area is 139 Å². The molecule has 4 nitrogen and oxygen atoms in total. The van der Waals surface area contributed by atoms with E-state index < -0.39 is 5.60 Å². The van der Waals surface area contributed by atoms with E-state index in [0.29, 0.717) is 6.04 Å². The van der Waals surface area contributed by atoms with Gasteiger partial charge in [-0.1, -0.05) is 30.3 Å². The Morgan fingerprint density at radius 1 is 1.26 bits per heavy atom. The fourth-order valence-corrected chi connectivity index (χ4v) is 3.38. The number of hydrogen-bond acceptors (Lipinski definition) is 3. The molecule has 2 aliphatic rings. The standard InChI is InChI=1S/C19H28N2O2/c1-15-12-21(17(22)23-18(2,3)4)19(10-11-19)14-20(15)13-16-8-6-5-7-9-16/h5-9,15H,10-14H2,1-4H3. The van der Waals surface area contributed by atoms with Gasteiger partial charge in [0.2, 0.25) is 0 Å². The third kappa shape index (κ3) is 3.69. The van der Waals surface area contributed by atoms with Crippen molar-refractivity contribution >= 4 is 6.09 Å². The molecular weight excluding hydrogens is 288 g/mol. The second-order valence-electron chi connectivity index (χ2n) is 8.05. The Kier molecular flexibility index (Phi) is 4.13. The van der Waals surface area contributed by atoms with E-state index in [-0.39, 0.29) is 11.6 Å². The highest BCUT2D eigenvalue weighted by Crippen LogP contribution is 2.46. The molecule has 0 aromatic heterocycles. The molecule has 0 N–H and O–H groups in total. The first-order chi connectivity index (χ1) is 10.8. The number of hydrogen-bond donors (Lipinski definition) is 0. The lowest BCUT2D eigenvalue weighted by Crippen LogP contribution is -2.60. The van der Waals surface area contributed by atoms with E-state index in [1.54, 1.807) is 0 Å². The smallest absolute Gasteiger partial charge is 0.410 e. The number of carbonyl (C=O) groups is 1. The third-order valence-electron chi connectivity index (χ3n) is 4.81. The lowest BCUT2D eigenvalue weighted by atomic mass is 10.0. The Morgan fingerprint density at radius 3 is 2.48 bits per heavy atom. The zero-order chi connectivity index (χ0) is 16.7. The van der Waals surface area contributed by atoms with Crippen LogP contribution in [0.25, 0.3) is 0 Å². The van der Waals surface area contributed by atoms with Gasteiger partial charge in [0.05, 0.1) is 5.54 Å². The molecule has 126 valence electrons. The molecule has 1 amide bonds. The number of amides is 1. The van der Waals surface area contributed by atoms with Gasteiger partial charge in [-0.05, 0) is 46.1 Å². The maximum atomic E-state index is 12.6. The number of ether oxygens (including phenoxy) is 1. The van der Waals surface area contributed by atoms with Crippen LogP contribution in [0.15, 0.2) is 30.3 Å². The quantitative estimate of drug-likeness (QED) is 0.835. The number of carbonyl (C=O) groups excluding carboxylic acids is 1. The van der Waals surface area contributed by atoms with Gasteiger partial charge < -0.3 is 4.74 Å². The predicted octanol–water partition coefficient (Wildman–Crippen LogP) is 3.66. The number of benzene rings is 1. The minimum absolute atomic E-state index is 0.00359. The van der Waals surface area contributed by atoms with Crippen molar-refractivity contribution in [3.05, 3.63) is 35.9 Å². The summed E-state index contributed by atoms with van der Waals surface area (Å²) in [4.78, 5) is 17.1. The maximum absolute atomic E-state index is 12.6. The molecule has 23 heavy (non-hydrogen) atoms. The summed E-state index contributed by atoms with van der Waals surface area (Å²) in [6.45, 7) is 10.6. The molecule has 1 saturated heterocycles. The Bertz CT molecular complexity index is 560. The number of nitrogens with zero attached hydrogens (tertiary/aromatic N) is 2. The van der Waals surface area contributed by atoms with Crippen molar-refractivity contribution in [2.45, 2.75) is 64.3 Å². The Hall–Kier alpha value is -1.55. The normalized spacial score (nSPS) is 23.8. The monoisotopic (exact) mass is 316 g/mol. The summed E-state index contributed by atoms with van der Waals surface area (Å²) < 4.78 is 5.62. The van der Waals surface area contributed by atoms with Gasteiger partial charge in [0.15, 0.2) is 0 Å². The molecule has 1 heterocycles. The minimum atomic E-state index is -0.433. The van der Waals surface area contributed by atoms with E-state index in [1.807, 2.05) is 25.7 Å². The van der Waals surface area contributed by atoms with Crippen LogP contribution in [0.3, 0.4) is 0 Å². The van der Waals surface area contributed by atoms with Crippen molar-refractivity contribution in [1.29, 1.82) is 0 Å². The van der Waals surface area contributed by atoms with Gasteiger partial charge in [-0.15, -0.1) is 0 Å². The number of rotatable bonds is 2. The summed E-state index contributed by atoms with van der Waals surface area (Å²) >= 11 is 0. The molecule has 0 radical (unpaired) electrons. The lowest BCUT2D eigenvalue weighted by Gasteiger charge is -2.46. The van der Waals surface area contributed by atoms with Gasteiger partial charge in [-0.25, -0.2) is 4.79 Å². The van der Waals surface area contributed by atoms with Crippen LogP contribution in [0.2, 0.25) is 0 Å². The molecule has 1 aromatic carbocycles. The van der Waals surface area contributed by atoms with E-state index in [4.69, 9.17) is 4.74 Å². The molecule has 4 heteroatoms. The average Bonchev–Trinajstić information content (AvgIpc) is 3.22. The van der Waals surface area contributed by atoms with Gasteiger partial charge in [0.25, 0.3) is 0 Å². The van der Waals surface area contributed by atoms with Crippen molar-refractivity contribution in [2.75, 3.05) is 13.1 Å². The van der Waals surface area contributed by atoms with Crippen LogP contribution in [0.4, 0.5) is 4.79 Å². The second-order valence-corrected chi connectivity index (χ2v) is 8.05. The molecule has 1 aromatic rings. The fourth-order valence-electron chi connectivity index (χ4n) is 3.38. The van der Waals surface area contributed by atoms with E-state index >= 15 is 0 Å². The highest BCUT2D eigenvalue weighted by atomic mass is 16.6. The topological polar surface area (TPSA) is 32.8 Å². The first kappa shape index (κ1) is 16.3. The highest BCUT2D eigenvalue weighted by Gasteiger charge is 2.55. The first-order valence-electron chi connectivity index (χ1n) is 8.58. The lowest BCUT2D eigenvalue weighted by molar-refractivity contribution is -0.0219. The summed E-state index contributed by atoms with van der Waals surface area (Å²) in [7, 11) is 0. The largest absolute Gasteiger partial charge is 0.444 e. The number of piperazine rings is 1. The molecule has 1 aliphatic carbocycles. The van der Waals surface area contributed by atoms with Crippen LogP contribution in [0, 0.1) is 0 Å². The molecule has 2 fully saturated rings. The first-order valence-corrected chi connectivity index (χ1v) is 8.58. The molecule has 1 aliphatic heterocycles. The van der Waals surface area contributed by atoms with Crippen molar-refractivity contribution in [2.24, 2.45) is 0 Å². The van der Waals surface area contributed by atoms with Gasteiger partial charge in [0.1, 0.15) is 5.60 Å². The summed E-state index contributed by atoms with van der Waals surface area (Å²) in [5.41, 5.74) is 0.905. The van der Waals surface area contributed by atoms with Crippen molar-refractivity contribution in [1.82, 2.24) is 9.80 Å². The zero-order valence-electron chi connectivity index (χ0n) is 14.7. The average molecular weight is 316 g/mol. The van der Waals surface area contributed by atoms with Crippen molar-refractivity contribution in [3.63, 3.8) is 0 Å². The van der Waals surface area contributed by atoms with E-state index in [0.717, 1.165) is 32.5 Å². The van der Waals surface area contributed by atoms with Crippen LogP contribution >= 0.6 is 0 Å². The third-order valence-corrected chi connectivity index (χ3v) is 4.81. The van der Waals surface area contributed by atoms with Gasteiger partial charge >= 0.3 is 6.09 Å². The van der Waals surface area contributed by atoms with Gasteiger partial charge in [-0.3, -0.25) is 9.80 Å². The van der Waals surface area contributed by atoms with Crippen LogP contribution in [0.1, 0.15) is 46.1 Å². The summed E-state index contributed by atoms with van der Waals surface area (Å²) in [5.74, 6) is 0. The molecular formula is C19H28N2O2. The molecule has 0 bridgehead atoms. The van der Waals surface area contributed by atoms with E-state index in [1.165, 1.54) is 5.56 Å². The Morgan fingerprint density at radius 2 is 1.91 bits per heavy atom. The van der Waals surface area contributed by atoms with E-state index in [2.05, 4.69) is 42.2 Å². The molecule has 1 unspecified atom stereocenters. The predicted molar refractivity (Wildman–Crippen MR) is 91.2 cm³/mol. The maximum Gasteiger partial charge on any atom is 0.410 e. The van der Waals surface area contributed by atoms with Crippen LogP contribution < -0.4 is 0 Å². The van der Waals surface area contributed by atoms with E-state index in [9.17, 15) is 4.79 Å². The van der Waals surface area contributed by atoms with Crippen LogP contribution in [-0.4, -0.2) is 46.2 Å². The summed E-state index contributed by atoms with van der Waals surface area (Å²) in [5, 5.41) is 0. The van der Waals surface area contributed by atoms with Gasteiger partial charge in [-0.2, -0.15) is 0 Å². The van der Waals surface area contributed by atoms with Crippen molar-refractivity contribution < 1.29 is 9.53 Å². The molecule has 3 rings (SSSR count). The highest BCUT2D eigenvalue weighted by molar-refractivity contribution is 5.70. The second kappa shape index (κ2) is 5.82. The molecule has 1 atom stereocenters. The Balaban J connectivity index is 1.69. The van der Waals surface area contributed by atoms with Crippen LogP contribution in [0.5, 0.6) is 0 Å². The minimum Gasteiger partial charge on any atom is -0.444 e.